The van der Waals surface area contributed by atoms with Crippen LogP contribution in [0.3, 0.4) is 0 Å². The van der Waals surface area contributed by atoms with Gasteiger partial charge in [-0.25, -0.2) is 18.4 Å². The Hall–Kier alpha value is -2.52. The van der Waals surface area contributed by atoms with Crippen LogP contribution in [0.4, 0.5) is 5.82 Å². The second-order valence-electron chi connectivity index (χ2n) is 8.39. The van der Waals surface area contributed by atoms with Gasteiger partial charge in [-0.1, -0.05) is 6.07 Å². The number of rotatable bonds is 4. The molecule has 9 heteroatoms. The highest BCUT2D eigenvalue weighted by Crippen LogP contribution is 2.32. The Morgan fingerprint density at radius 2 is 1.94 bits per heavy atom. The average Bonchev–Trinajstić information content (AvgIpc) is 3.25. The quantitative estimate of drug-likeness (QED) is 0.779. The van der Waals surface area contributed by atoms with E-state index in [0.29, 0.717) is 30.2 Å². The van der Waals surface area contributed by atoms with Gasteiger partial charge in [0.25, 0.3) is 0 Å². The van der Waals surface area contributed by atoms with Crippen molar-refractivity contribution in [1.82, 2.24) is 19.2 Å². The molecule has 0 aliphatic carbocycles. The largest absolute Gasteiger partial charge is 0.373 e. The normalized spacial score (nSPS) is 19.4. The van der Waals surface area contributed by atoms with Crippen molar-refractivity contribution < 1.29 is 13.2 Å². The standard InChI is InChI=1S/C22H29N5O3S/c1-14-5-6-18(11-15(14)2)31(29,30)27-10-8-20-19(13-27)22(23-4)25-21(24-20)17-7-9-26(12-17)16(3)28/h5-6,11,17H,7-10,12-13H2,1-4H3,(H,23,24,25)/t17-/m0/s1. The Balaban J connectivity index is 1.62. The van der Waals surface area contributed by atoms with Gasteiger partial charge >= 0.3 is 0 Å². The lowest BCUT2D eigenvalue weighted by Gasteiger charge is -2.29. The molecule has 0 spiro atoms. The lowest BCUT2D eigenvalue weighted by atomic mass is 10.0. The SMILES string of the molecule is CNc1nc([C@H]2CCN(C(C)=O)C2)nc2c1CN(S(=O)(=O)c1ccc(C)c(C)c1)CC2. The molecule has 0 radical (unpaired) electrons. The van der Waals surface area contributed by atoms with Gasteiger partial charge in [-0.05, 0) is 43.5 Å². The molecule has 2 aliphatic rings. The van der Waals surface area contributed by atoms with Gasteiger partial charge in [-0.15, -0.1) is 0 Å². The molecule has 166 valence electrons. The van der Waals surface area contributed by atoms with Gasteiger partial charge in [-0.2, -0.15) is 4.31 Å². The summed E-state index contributed by atoms with van der Waals surface area (Å²) in [4.78, 5) is 23.3. The number of benzene rings is 1. The number of nitrogens with one attached hydrogen (secondary N) is 1. The lowest BCUT2D eigenvalue weighted by molar-refractivity contribution is -0.127. The predicted molar refractivity (Wildman–Crippen MR) is 118 cm³/mol. The number of aryl methyl sites for hydroxylation is 2. The molecule has 0 unspecified atom stereocenters. The van der Waals surface area contributed by atoms with Crippen LogP contribution in [0.2, 0.25) is 0 Å². The average molecular weight is 444 g/mol. The van der Waals surface area contributed by atoms with E-state index in [9.17, 15) is 13.2 Å². The van der Waals surface area contributed by atoms with E-state index >= 15 is 0 Å². The number of hydrogen-bond acceptors (Lipinski definition) is 6. The first-order chi connectivity index (χ1) is 14.7. The summed E-state index contributed by atoms with van der Waals surface area (Å²) in [7, 11) is -1.81. The molecule has 1 aromatic heterocycles. The van der Waals surface area contributed by atoms with Crippen molar-refractivity contribution in [2.24, 2.45) is 0 Å². The van der Waals surface area contributed by atoms with Gasteiger partial charge in [0.05, 0.1) is 10.6 Å². The van der Waals surface area contributed by atoms with Gasteiger partial charge < -0.3 is 10.2 Å². The maximum atomic E-state index is 13.3. The third-order valence-corrected chi connectivity index (χ3v) is 8.24. The second kappa shape index (κ2) is 8.20. The van der Waals surface area contributed by atoms with Crippen molar-refractivity contribution in [2.45, 2.75) is 51.0 Å². The van der Waals surface area contributed by atoms with E-state index < -0.39 is 10.0 Å². The first kappa shape index (κ1) is 21.7. The first-order valence-corrected chi connectivity index (χ1v) is 12.0. The molecule has 0 bridgehead atoms. The summed E-state index contributed by atoms with van der Waals surface area (Å²) < 4.78 is 28.0. The third kappa shape index (κ3) is 4.04. The minimum absolute atomic E-state index is 0.0708. The van der Waals surface area contributed by atoms with Gasteiger partial charge in [-0.3, -0.25) is 4.79 Å². The van der Waals surface area contributed by atoms with Crippen molar-refractivity contribution in [1.29, 1.82) is 0 Å². The summed E-state index contributed by atoms with van der Waals surface area (Å²) in [5.41, 5.74) is 3.74. The van der Waals surface area contributed by atoms with Gasteiger partial charge in [0.1, 0.15) is 11.6 Å². The van der Waals surface area contributed by atoms with Crippen LogP contribution in [0.5, 0.6) is 0 Å². The number of fused-ring (bicyclic) bond motifs is 1. The summed E-state index contributed by atoms with van der Waals surface area (Å²) in [5, 5.41) is 3.13. The highest BCUT2D eigenvalue weighted by molar-refractivity contribution is 7.89. The zero-order valence-electron chi connectivity index (χ0n) is 18.5. The zero-order chi connectivity index (χ0) is 22.3. The van der Waals surface area contributed by atoms with Crippen LogP contribution in [-0.4, -0.2) is 60.2 Å². The van der Waals surface area contributed by atoms with E-state index in [1.807, 2.05) is 24.8 Å². The Morgan fingerprint density at radius 1 is 1.16 bits per heavy atom. The van der Waals surface area contributed by atoms with E-state index in [-0.39, 0.29) is 18.4 Å². The first-order valence-electron chi connectivity index (χ1n) is 10.6. The van der Waals surface area contributed by atoms with Crippen LogP contribution < -0.4 is 5.32 Å². The Bertz CT molecular complexity index is 1110. The van der Waals surface area contributed by atoms with Crippen LogP contribution in [-0.2, 0) is 27.8 Å². The van der Waals surface area contributed by atoms with Crippen LogP contribution in [0.15, 0.2) is 23.1 Å². The second-order valence-corrected chi connectivity index (χ2v) is 10.3. The van der Waals surface area contributed by atoms with Gasteiger partial charge in [0.2, 0.25) is 15.9 Å². The highest BCUT2D eigenvalue weighted by atomic mass is 32.2. The molecule has 2 aromatic rings. The molecule has 1 amide bonds. The Kier molecular flexibility index (Phi) is 5.74. The maximum Gasteiger partial charge on any atom is 0.243 e. The minimum Gasteiger partial charge on any atom is -0.373 e. The van der Waals surface area contributed by atoms with Crippen molar-refractivity contribution in [3.63, 3.8) is 0 Å². The molecule has 8 nitrogen and oxygen atoms in total. The monoisotopic (exact) mass is 443 g/mol. The number of aromatic nitrogens is 2. The molecule has 1 fully saturated rings. The van der Waals surface area contributed by atoms with Gasteiger partial charge in [0, 0.05) is 58.1 Å². The smallest absolute Gasteiger partial charge is 0.243 e. The van der Waals surface area contributed by atoms with Crippen LogP contribution in [0, 0.1) is 13.8 Å². The lowest BCUT2D eigenvalue weighted by Crippen LogP contribution is -2.37. The summed E-state index contributed by atoms with van der Waals surface area (Å²) in [6.07, 6.45) is 1.38. The number of sulfonamides is 1. The van der Waals surface area contributed by atoms with Crippen LogP contribution >= 0.6 is 0 Å². The molecule has 1 saturated heterocycles. The molecule has 1 aromatic carbocycles. The third-order valence-electron chi connectivity index (χ3n) is 6.39. The number of hydrogen-bond donors (Lipinski definition) is 1. The molecule has 0 saturated carbocycles. The molecular weight excluding hydrogens is 414 g/mol. The topological polar surface area (TPSA) is 95.5 Å². The van der Waals surface area contributed by atoms with Crippen LogP contribution in [0.1, 0.15) is 47.5 Å². The molecule has 2 aliphatic heterocycles. The fraction of sp³-hybridized carbons (Fsp3) is 0.500. The number of carbonyl (C=O) groups excluding carboxylic acids is 1. The fourth-order valence-corrected chi connectivity index (χ4v) is 5.78. The molecule has 1 atom stereocenters. The number of carbonyl (C=O) groups is 1. The van der Waals surface area contributed by atoms with Crippen molar-refractivity contribution >= 4 is 21.7 Å². The minimum atomic E-state index is -3.61. The number of likely N-dealkylation sites (tertiary alicyclic amines) is 1. The zero-order valence-corrected chi connectivity index (χ0v) is 19.3. The highest BCUT2D eigenvalue weighted by Gasteiger charge is 2.33. The molecule has 31 heavy (non-hydrogen) atoms. The number of amides is 1. The summed E-state index contributed by atoms with van der Waals surface area (Å²) in [6.45, 7) is 7.44. The Morgan fingerprint density at radius 3 is 2.58 bits per heavy atom. The Labute approximate surface area is 183 Å². The maximum absolute atomic E-state index is 13.3. The summed E-state index contributed by atoms with van der Waals surface area (Å²) in [5.74, 6) is 1.58. The summed E-state index contributed by atoms with van der Waals surface area (Å²) >= 11 is 0. The molecule has 4 rings (SSSR count). The fourth-order valence-electron chi connectivity index (χ4n) is 4.28. The van der Waals surface area contributed by atoms with Crippen molar-refractivity contribution in [3.05, 3.63) is 46.4 Å². The van der Waals surface area contributed by atoms with E-state index in [2.05, 4.69) is 5.32 Å². The van der Waals surface area contributed by atoms with Crippen molar-refractivity contribution in [3.8, 4) is 0 Å². The van der Waals surface area contributed by atoms with E-state index in [0.717, 1.165) is 41.2 Å². The van der Waals surface area contributed by atoms with E-state index in [4.69, 9.17) is 9.97 Å². The van der Waals surface area contributed by atoms with E-state index in [1.54, 1.807) is 26.1 Å². The summed E-state index contributed by atoms with van der Waals surface area (Å²) in [6, 6.07) is 5.26. The van der Waals surface area contributed by atoms with Crippen LogP contribution in [0.25, 0.3) is 0 Å². The van der Waals surface area contributed by atoms with Crippen molar-refractivity contribution in [2.75, 3.05) is 32.0 Å². The molecule has 1 N–H and O–H groups in total. The molecule has 3 heterocycles. The van der Waals surface area contributed by atoms with E-state index in [1.165, 1.54) is 4.31 Å². The number of anilines is 1. The molecular formula is C22H29N5O3S. The number of nitrogens with zero attached hydrogens (tertiary/aromatic N) is 4. The van der Waals surface area contributed by atoms with Gasteiger partial charge in [0.15, 0.2) is 0 Å². The predicted octanol–water partition coefficient (Wildman–Crippen LogP) is 2.22.